The zero-order chi connectivity index (χ0) is 15.8. The van der Waals surface area contributed by atoms with Crippen molar-refractivity contribution in [2.45, 2.75) is 19.9 Å². The fourth-order valence-corrected chi connectivity index (χ4v) is 1.93. The SMILES string of the molecule is CC(=O)c1ccc(NC(=O)CCNCc2ccccn2)cc1. The number of amides is 1. The summed E-state index contributed by atoms with van der Waals surface area (Å²) >= 11 is 0. The Morgan fingerprint density at radius 3 is 2.50 bits per heavy atom. The maximum absolute atomic E-state index is 11.8. The minimum Gasteiger partial charge on any atom is -0.326 e. The molecule has 0 saturated heterocycles. The molecule has 0 saturated carbocycles. The van der Waals surface area contributed by atoms with E-state index in [4.69, 9.17) is 0 Å². The number of pyridine rings is 1. The number of nitrogens with zero attached hydrogens (tertiary/aromatic N) is 1. The molecular weight excluding hydrogens is 278 g/mol. The van der Waals surface area contributed by atoms with Gasteiger partial charge in [0.15, 0.2) is 5.78 Å². The number of carbonyl (C=O) groups is 2. The molecule has 2 N–H and O–H groups in total. The molecule has 2 rings (SSSR count). The summed E-state index contributed by atoms with van der Waals surface area (Å²) in [6.45, 7) is 2.73. The number of aromatic nitrogens is 1. The van der Waals surface area contributed by atoms with Gasteiger partial charge in [0.1, 0.15) is 0 Å². The van der Waals surface area contributed by atoms with Crippen LogP contribution in [0.25, 0.3) is 0 Å². The van der Waals surface area contributed by atoms with E-state index in [2.05, 4.69) is 15.6 Å². The third-order valence-corrected chi connectivity index (χ3v) is 3.14. The van der Waals surface area contributed by atoms with Crippen molar-refractivity contribution >= 4 is 17.4 Å². The molecule has 5 nitrogen and oxygen atoms in total. The van der Waals surface area contributed by atoms with Gasteiger partial charge in [0.05, 0.1) is 5.69 Å². The van der Waals surface area contributed by atoms with Crippen molar-refractivity contribution < 1.29 is 9.59 Å². The van der Waals surface area contributed by atoms with Crippen LogP contribution in [0.5, 0.6) is 0 Å². The van der Waals surface area contributed by atoms with Crippen LogP contribution in [0.3, 0.4) is 0 Å². The van der Waals surface area contributed by atoms with Gasteiger partial charge in [-0.3, -0.25) is 14.6 Å². The Labute approximate surface area is 129 Å². The monoisotopic (exact) mass is 297 g/mol. The molecule has 0 spiro atoms. The van der Waals surface area contributed by atoms with Gasteiger partial charge in [-0.25, -0.2) is 0 Å². The second kappa shape index (κ2) is 8.05. The van der Waals surface area contributed by atoms with Crippen molar-refractivity contribution in [3.63, 3.8) is 0 Å². The van der Waals surface area contributed by atoms with Gasteiger partial charge in [-0.05, 0) is 43.3 Å². The fourth-order valence-electron chi connectivity index (χ4n) is 1.93. The van der Waals surface area contributed by atoms with E-state index >= 15 is 0 Å². The van der Waals surface area contributed by atoms with Crippen LogP contribution in [-0.2, 0) is 11.3 Å². The van der Waals surface area contributed by atoms with Crippen molar-refractivity contribution in [3.05, 3.63) is 59.9 Å². The first-order chi connectivity index (χ1) is 10.6. The van der Waals surface area contributed by atoms with Crippen molar-refractivity contribution in [2.75, 3.05) is 11.9 Å². The Kier molecular flexibility index (Phi) is 5.80. The summed E-state index contributed by atoms with van der Waals surface area (Å²) in [5, 5.41) is 5.98. The number of ketones is 1. The molecule has 0 aliphatic carbocycles. The van der Waals surface area contributed by atoms with Gasteiger partial charge in [-0.15, -0.1) is 0 Å². The lowest BCUT2D eigenvalue weighted by molar-refractivity contribution is -0.116. The molecule has 0 aliphatic rings. The summed E-state index contributed by atoms with van der Waals surface area (Å²) in [4.78, 5) is 27.2. The first-order valence-electron chi connectivity index (χ1n) is 7.16. The highest BCUT2D eigenvalue weighted by molar-refractivity contribution is 5.95. The number of Topliss-reactive ketones (excluding diaryl/α,β-unsaturated/α-hetero) is 1. The molecule has 0 unspecified atom stereocenters. The standard InChI is InChI=1S/C17H19N3O2/c1-13(21)14-5-7-15(8-6-14)20-17(22)9-11-18-12-16-4-2-3-10-19-16/h2-8,10,18H,9,11-12H2,1H3,(H,20,22). The molecule has 1 aromatic carbocycles. The number of hydrogen-bond acceptors (Lipinski definition) is 4. The zero-order valence-electron chi connectivity index (χ0n) is 12.5. The molecule has 1 heterocycles. The predicted octanol–water partition coefficient (Wildman–Crippen LogP) is 2.40. The number of rotatable bonds is 7. The molecule has 22 heavy (non-hydrogen) atoms. The van der Waals surface area contributed by atoms with Gasteiger partial charge in [0.25, 0.3) is 0 Å². The Balaban J connectivity index is 1.70. The Morgan fingerprint density at radius 2 is 1.86 bits per heavy atom. The van der Waals surface area contributed by atoms with Gasteiger partial charge in [0, 0.05) is 37.0 Å². The molecular formula is C17H19N3O2. The molecule has 0 radical (unpaired) electrons. The lowest BCUT2D eigenvalue weighted by atomic mass is 10.1. The van der Waals surface area contributed by atoms with Gasteiger partial charge in [0.2, 0.25) is 5.91 Å². The Hall–Kier alpha value is -2.53. The third-order valence-electron chi connectivity index (χ3n) is 3.14. The maximum Gasteiger partial charge on any atom is 0.225 e. The summed E-state index contributed by atoms with van der Waals surface area (Å²) in [6.07, 6.45) is 2.12. The first kappa shape index (κ1) is 15.9. The lowest BCUT2D eigenvalue weighted by Gasteiger charge is -2.07. The van der Waals surface area contributed by atoms with Crippen LogP contribution in [0.2, 0.25) is 0 Å². The first-order valence-corrected chi connectivity index (χ1v) is 7.16. The molecule has 114 valence electrons. The normalized spacial score (nSPS) is 10.2. The van der Waals surface area contributed by atoms with Crippen molar-refractivity contribution in [2.24, 2.45) is 0 Å². The van der Waals surface area contributed by atoms with Gasteiger partial charge in [-0.2, -0.15) is 0 Å². The van der Waals surface area contributed by atoms with Gasteiger partial charge >= 0.3 is 0 Å². The highest BCUT2D eigenvalue weighted by atomic mass is 16.1. The summed E-state index contributed by atoms with van der Waals surface area (Å²) in [6, 6.07) is 12.6. The Morgan fingerprint density at radius 1 is 1.09 bits per heavy atom. The van der Waals surface area contributed by atoms with Crippen LogP contribution in [0.4, 0.5) is 5.69 Å². The number of hydrogen-bond donors (Lipinski definition) is 2. The smallest absolute Gasteiger partial charge is 0.225 e. The number of anilines is 1. The van der Waals surface area contributed by atoms with E-state index in [-0.39, 0.29) is 11.7 Å². The second-order valence-corrected chi connectivity index (χ2v) is 4.93. The van der Waals surface area contributed by atoms with Crippen molar-refractivity contribution in [1.29, 1.82) is 0 Å². The highest BCUT2D eigenvalue weighted by Crippen LogP contribution is 2.10. The van der Waals surface area contributed by atoms with Crippen LogP contribution < -0.4 is 10.6 Å². The topological polar surface area (TPSA) is 71.1 Å². The van der Waals surface area contributed by atoms with Gasteiger partial charge in [-0.1, -0.05) is 6.07 Å². The summed E-state index contributed by atoms with van der Waals surface area (Å²) in [5.41, 5.74) is 2.28. The van der Waals surface area contributed by atoms with E-state index in [0.29, 0.717) is 30.8 Å². The van der Waals surface area contributed by atoms with E-state index in [1.165, 1.54) is 6.92 Å². The minimum atomic E-state index is -0.0657. The van der Waals surface area contributed by atoms with Crippen LogP contribution in [0.15, 0.2) is 48.7 Å². The Bertz CT molecular complexity index is 624. The van der Waals surface area contributed by atoms with E-state index in [0.717, 1.165) is 5.69 Å². The maximum atomic E-state index is 11.8. The summed E-state index contributed by atoms with van der Waals surface area (Å²) in [5.74, 6) is -0.0549. The van der Waals surface area contributed by atoms with Crippen molar-refractivity contribution in [1.82, 2.24) is 10.3 Å². The quantitative estimate of drug-likeness (QED) is 0.608. The summed E-state index contributed by atoms with van der Waals surface area (Å²) < 4.78 is 0. The molecule has 0 bridgehead atoms. The summed E-state index contributed by atoms with van der Waals surface area (Å²) in [7, 11) is 0. The van der Waals surface area contributed by atoms with Crippen LogP contribution >= 0.6 is 0 Å². The average molecular weight is 297 g/mol. The molecule has 0 fully saturated rings. The minimum absolute atomic E-state index is 0.0107. The number of benzene rings is 1. The number of carbonyl (C=O) groups excluding carboxylic acids is 2. The van der Waals surface area contributed by atoms with Crippen LogP contribution in [0, 0.1) is 0 Å². The van der Waals surface area contributed by atoms with E-state index in [1.54, 1.807) is 30.5 Å². The van der Waals surface area contributed by atoms with Crippen LogP contribution in [-0.4, -0.2) is 23.2 Å². The predicted molar refractivity (Wildman–Crippen MR) is 85.6 cm³/mol. The molecule has 0 aliphatic heterocycles. The number of nitrogens with one attached hydrogen (secondary N) is 2. The average Bonchev–Trinajstić information content (AvgIpc) is 2.53. The zero-order valence-corrected chi connectivity index (χ0v) is 12.5. The molecule has 2 aromatic rings. The molecule has 0 atom stereocenters. The van der Waals surface area contributed by atoms with E-state index in [9.17, 15) is 9.59 Å². The second-order valence-electron chi connectivity index (χ2n) is 4.93. The molecule has 5 heteroatoms. The van der Waals surface area contributed by atoms with Crippen LogP contribution in [0.1, 0.15) is 29.4 Å². The highest BCUT2D eigenvalue weighted by Gasteiger charge is 2.03. The fraction of sp³-hybridized carbons (Fsp3) is 0.235. The van der Waals surface area contributed by atoms with E-state index in [1.807, 2.05) is 18.2 Å². The van der Waals surface area contributed by atoms with Crippen molar-refractivity contribution in [3.8, 4) is 0 Å². The van der Waals surface area contributed by atoms with E-state index < -0.39 is 0 Å². The van der Waals surface area contributed by atoms with Gasteiger partial charge < -0.3 is 10.6 Å². The third kappa shape index (κ3) is 5.10. The molecule has 1 amide bonds. The lowest BCUT2D eigenvalue weighted by Crippen LogP contribution is -2.21. The molecule has 1 aromatic heterocycles. The largest absolute Gasteiger partial charge is 0.326 e.